The molecule has 0 aromatic heterocycles. The summed E-state index contributed by atoms with van der Waals surface area (Å²) in [7, 11) is 0. The molecule has 3 heteroatoms. The molecular weight excluding hydrogens is 192 g/mol. The number of ether oxygens (including phenoxy) is 1. The zero-order valence-corrected chi connectivity index (χ0v) is 8.43. The first-order valence-corrected chi connectivity index (χ1v) is 4.90. The summed E-state index contributed by atoms with van der Waals surface area (Å²) in [5.74, 6) is -0.374. The molecule has 0 saturated carbocycles. The summed E-state index contributed by atoms with van der Waals surface area (Å²) in [4.78, 5) is 11.6. The van der Waals surface area contributed by atoms with Gasteiger partial charge >= 0.3 is 5.97 Å². The summed E-state index contributed by atoms with van der Waals surface area (Å²) in [6, 6.07) is 7.30. The fraction of sp³-hybridized carbons (Fsp3) is 0.250. The van der Waals surface area contributed by atoms with Gasteiger partial charge in [0.15, 0.2) is 0 Å². The third-order valence-corrected chi connectivity index (χ3v) is 2.39. The van der Waals surface area contributed by atoms with Crippen LogP contribution in [-0.2, 0) is 9.53 Å². The highest BCUT2D eigenvalue weighted by Gasteiger charge is 2.26. The van der Waals surface area contributed by atoms with E-state index >= 15 is 0 Å². The van der Waals surface area contributed by atoms with Crippen LogP contribution >= 0.6 is 0 Å². The fourth-order valence-corrected chi connectivity index (χ4v) is 1.72. The molecule has 1 unspecified atom stereocenters. The monoisotopic (exact) mass is 204 g/mol. The van der Waals surface area contributed by atoms with Crippen molar-refractivity contribution < 1.29 is 14.6 Å². The highest BCUT2D eigenvalue weighted by molar-refractivity contribution is 6.18. The Morgan fingerprint density at radius 3 is 2.93 bits per heavy atom. The summed E-state index contributed by atoms with van der Waals surface area (Å²) in [5, 5.41) is 9.68. The summed E-state index contributed by atoms with van der Waals surface area (Å²) in [6.07, 6.45) is 0.837. The first-order valence-electron chi connectivity index (χ1n) is 4.90. The van der Waals surface area contributed by atoms with Crippen LogP contribution in [0.1, 0.15) is 24.2 Å². The molecule has 1 aromatic rings. The van der Waals surface area contributed by atoms with Crippen LogP contribution in [0.25, 0.3) is 5.57 Å². The van der Waals surface area contributed by atoms with Gasteiger partial charge in [0.05, 0.1) is 18.3 Å². The van der Waals surface area contributed by atoms with Crippen LogP contribution in [0.2, 0.25) is 0 Å². The van der Waals surface area contributed by atoms with Gasteiger partial charge in [-0.3, -0.25) is 0 Å². The quantitative estimate of drug-likeness (QED) is 0.745. The van der Waals surface area contributed by atoms with Gasteiger partial charge in [-0.25, -0.2) is 4.79 Å². The largest absolute Gasteiger partial charge is 0.462 e. The van der Waals surface area contributed by atoms with Crippen molar-refractivity contribution in [2.45, 2.75) is 13.0 Å². The maximum atomic E-state index is 11.6. The standard InChI is InChI=1S/C12H12O3/c1-2-15-12(14)10-7-11(13)9-6-4-3-5-8(9)10/h3-7,11,13H,2H2,1H3. The third kappa shape index (κ3) is 1.66. The van der Waals surface area contributed by atoms with Gasteiger partial charge in [0.25, 0.3) is 0 Å². The van der Waals surface area contributed by atoms with Crippen molar-refractivity contribution in [1.82, 2.24) is 0 Å². The molecule has 0 bridgehead atoms. The lowest BCUT2D eigenvalue weighted by atomic mass is 10.1. The molecule has 0 heterocycles. The minimum absolute atomic E-state index is 0.342. The summed E-state index contributed by atoms with van der Waals surface area (Å²) in [5.41, 5.74) is 1.99. The minimum Gasteiger partial charge on any atom is -0.462 e. The number of fused-ring (bicyclic) bond motifs is 1. The highest BCUT2D eigenvalue weighted by atomic mass is 16.5. The molecule has 0 radical (unpaired) electrons. The maximum Gasteiger partial charge on any atom is 0.338 e. The van der Waals surface area contributed by atoms with Crippen molar-refractivity contribution in [3.8, 4) is 0 Å². The number of aliphatic hydroxyl groups excluding tert-OH is 1. The molecule has 0 fully saturated rings. The van der Waals surface area contributed by atoms with E-state index in [-0.39, 0.29) is 5.97 Å². The molecule has 1 aromatic carbocycles. The second-order valence-corrected chi connectivity index (χ2v) is 3.33. The van der Waals surface area contributed by atoms with Crippen molar-refractivity contribution >= 4 is 11.5 Å². The maximum absolute atomic E-state index is 11.6. The van der Waals surface area contributed by atoms with Gasteiger partial charge in [0.2, 0.25) is 0 Å². The lowest BCUT2D eigenvalue weighted by molar-refractivity contribution is -0.136. The molecular formula is C12H12O3. The third-order valence-electron chi connectivity index (χ3n) is 2.39. The molecule has 0 saturated heterocycles. The Labute approximate surface area is 88.0 Å². The Morgan fingerprint density at radius 1 is 1.47 bits per heavy atom. The molecule has 15 heavy (non-hydrogen) atoms. The van der Waals surface area contributed by atoms with Crippen LogP contribution in [0.4, 0.5) is 0 Å². The van der Waals surface area contributed by atoms with Gasteiger partial charge in [0.1, 0.15) is 0 Å². The van der Waals surface area contributed by atoms with Gasteiger partial charge in [-0.05, 0) is 24.1 Å². The molecule has 1 aliphatic rings. The van der Waals surface area contributed by atoms with Crippen molar-refractivity contribution in [1.29, 1.82) is 0 Å². The van der Waals surface area contributed by atoms with Crippen LogP contribution in [0, 0.1) is 0 Å². The molecule has 0 aliphatic heterocycles. The Hall–Kier alpha value is -1.61. The smallest absolute Gasteiger partial charge is 0.338 e. The van der Waals surface area contributed by atoms with E-state index < -0.39 is 6.10 Å². The first kappa shape index (κ1) is 9.93. The van der Waals surface area contributed by atoms with E-state index in [9.17, 15) is 9.90 Å². The van der Waals surface area contributed by atoms with Gasteiger partial charge < -0.3 is 9.84 Å². The highest BCUT2D eigenvalue weighted by Crippen LogP contribution is 2.34. The summed E-state index contributed by atoms with van der Waals surface area (Å²) in [6.45, 7) is 2.10. The predicted molar refractivity (Wildman–Crippen MR) is 56.0 cm³/mol. The van der Waals surface area contributed by atoms with E-state index in [4.69, 9.17) is 4.74 Å². The molecule has 2 rings (SSSR count). The predicted octanol–water partition coefficient (Wildman–Crippen LogP) is 1.68. The van der Waals surface area contributed by atoms with Crippen molar-refractivity contribution in [3.05, 3.63) is 41.5 Å². The number of hydrogen-bond donors (Lipinski definition) is 1. The van der Waals surface area contributed by atoms with E-state index in [1.807, 2.05) is 24.3 Å². The number of carbonyl (C=O) groups is 1. The molecule has 3 nitrogen and oxygen atoms in total. The van der Waals surface area contributed by atoms with Gasteiger partial charge in [-0.15, -0.1) is 0 Å². The van der Waals surface area contributed by atoms with Crippen molar-refractivity contribution in [2.75, 3.05) is 6.61 Å². The molecule has 1 atom stereocenters. The van der Waals surface area contributed by atoms with E-state index in [0.717, 1.165) is 11.1 Å². The average molecular weight is 204 g/mol. The number of benzene rings is 1. The van der Waals surface area contributed by atoms with E-state index in [0.29, 0.717) is 12.2 Å². The Kier molecular flexibility index (Phi) is 2.56. The first-order chi connectivity index (χ1) is 7.24. The Bertz CT molecular complexity index is 421. The lowest BCUT2D eigenvalue weighted by Gasteiger charge is -2.04. The lowest BCUT2D eigenvalue weighted by Crippen LogP contribution is -2.05. The molecule has 0 spiro atoms. The molecule has 1 aliphatic carbocycles. The average Bonchev–Trinajstić information content (AvgIpc) is 2.58. The van der Waals surface area contributed by atoms with Crippen molar-refractivity contribution in [2.24, 2.45) is 0 Å². The second-order valence-electron chi connectivity index (χ2n) is 3.33. The number of rotatable bonds is 2. The molecule has 78 valence electrons. The van der Waals surface area contributed by atoms with Gasteiger partial charge in [-0.1, -0.05) is 24.3 Å². The van der Waals surface area contributed by atoms with Crippen molar-refractivity contribution in [3.63, 3.8) is 0 Å². The fourth-order valence-electron chi connectivity index (χ4n) is 1.72. The van der Waals surface area contributed by atoms with Gasteiger partial charge in [-0.2, -0.15) is 0 Å². The Morgan fingerprint density at radius 2 is 2.20 bits per heavy atom. The normalized spacial score (nSPS) is 18.3. The van der Waals surface area contributed by atoms with Crippen LogP contribution in [-0.4, -0.2) is 17.7 Å². The van der Waals surface area contributed by atoms with E-state index in [1.54, 1.807) is 6.92 Å². The minimum atomic E-state index is -0.694. The summed E-state index contributed by atoms with van der Waals surface area (Å²) >= 11 is 0. The topological polar surface area (TPSA) is 46.5 Å². The van der Waals surface area contributed by atoms with Gasteiger partial charge in [0, 0.05) is 0 Å². The zero-order chi connectivity index (χ0) is 10.8. The molecule has 0 amide bonds. The van der Waals surface area contributed by atoms with E-state index in [1.165, 1.54) is 6.08 Å². The van der Waals surface area contributed by atoms with E-state index in [2.05, 4.69) is 0 Å². The summed E-state index contributed by atoms with van der Waals surface area (Å²) < 4.78 is 4.91. The van der Waals surface area contributed by atoms with Crippen LogP contribution in [0.5, 0.6) is 0 Å². The van der Waals surface area contributed by atoms with Crippen LogP contribution in [0.15, 0.2) is 30.3 Å². The van der Waals surface area contributed by atoms with Crippen LogP contribution in [0.3, 0.4) is 0 Å². The second kappa shape index (κ2) is 3.87. The van der Waals surface area contributed by atoms with Crippen LogP contribution < -0.4 is 0 Å². The zero-order valence-electron chi connectivity index (χ0n) is 8.43. The SMILES string of the molecule is CCOC(=O)C1=CC(O)c2ccccc21. The number of aliphatic hydroxyl groups is 1. The number of carbonyl (C=O) groups excluding carboxylic acids is 1. The number of hydrogen-bond acceptors (Lipinski definition) is 3. The molecule has 1 N–H and O–H groups in total. The Balaban J connectivity index is 2.37. The number of esters is 1.